The molecule has 1 saturated heterocycles. The molecule has 38 heavy (non-hydrogen) atoms. The monoisotopic (exact) mass is 540 g/mol. The molecule has 13 heteroatoms. The summed E-state index contributed by atoms with van der Waals surface area (Å²) in [5.41, 5.74) is 19.5. The molecule has 4 heterocycles. The van der Waals surface area contributed by atoms with Crippen molar-refractivity contribution in [1.29, 1.82) is 0 Å². The molecule has 3 aromatic rings. The molecular formula is C25H26F2N8O2S. The molecule has 1 atom stereocenters. The van der Waals surface area contributed by atoms with E-state index in [1.54, 1.807) is 0 Å². The minimum absolute atomic E-state index is 0.00915. The summed E-state index contributed by atoms with van der Waals surface area (Å²) in [6, 6.07) is 8.15. The molecule has 2 aromatic heterocycles. The van der Waals surface area contributed by atoms with Gasteiger partial charge >= 0.3 is 5.92 Å². The van der Waals surface area contributed by atoms with Crippen LogP contribution in [0.25, 0.3) is 0 Å². The summed E-state index contributed by atoms with van der Waals surface area (Å²) < 4.78 is 29.3. The number of hydrogen-bond donors (Lipinski definition) is 3. The first-order valence-corrected chi connectivity index (χ1v) is 13.1. The summed E-state index contributed by atoms with van der Waals surface area (Å²) >= 11 is 0.909. The van der Waals surface area contributed by atoms with Gasteiger partial charge in [0.2, 0.25) is 0 Å². The maximum atomic E-state index is 14.7. The van der Waals surface area contributed by atoms with Crippen molar-refractivity contribution in [3.63, 3.8) is 0 Å². The Morgan fingerprint density at radius 2 is 1.87 bits per heavy atom. The van der Waals surface area contributed by atoms with E-state index in [4.69, 9.17) is 17.2 Å². The highest BCUT2D eigenvalue weighted by atomic mass is 32.1. The highest BCUT2D eigenvalue weighted by Gasteiger charge is 2.47. The van der Waals surface area contributed by atoms with E-state index >= 15 is 0 Å². The SMILES string of the molecule is NC(=O)c1nc(C(=O)N2Cc3sc(N)nc3C(F)(F)C2)cnc1N1CCC2(CC1)Cc1ccccc1C2N. The smallest absolute Gasteiger partial charge is 0.308 e. The molecule has 1 unspecified atom stereocenters. The van der Waals surface area contributed by atoms with E-state index < -0.39 is 30.0 Å². The van der Waals surface area contributed by atoms with E-state index in [1.165, 1.54) is 17.3 Å². The van der Waals surface area contributed by atoms with Crippen LogP contribution in [0.1, 0.15) is 61.6 Å². The van der Waals surface area contributed by atoms with Gasteiger partial charge in [-0.1, -0.05) is 35.6 Å². The number of nitrogen functional groups attached to an aromatic ring is 1. The van der Waals surface area contributed by atoms with Gasteiger partial charge in [-0.2, -0.15) is 8.78 Å². The van der Waals surface area contributed by atoms with Gasteiger partial charge in [-0.15, -0.1) is 0 Å². The number of carbonyl (C=O) groups excluding carboxylic acids is 2. The first-order chi connectivity index (χ1) is 18.1. The van der Waals surface area contributed by atoms with Crippen molar-refractivity contribution >= 4 is 34.1 Å². The normalized spacial score (nSPS) is 21.3. The Morgan fingerprint density at radius 3 is 2.58 bits per heavy atom. The Morgan fingerprint density at radius 1 is 1.13 bits per heavy atom. The van der Waals surface area contributed by atoms with Crippen molar-refractivity contribution in [2.75, 3.05) is 30.3 Å². The van der Waals surface area contributed by atoms with E-state index in [-0.39, 0.29) is 45.2 Å². The first-order valence-electron chi connectivity index (χ1n) is 12.3. The van der Waals surface area contributed by atoms with Crippen molar-refractivity contribution in [3.8, 4) is 0 Å². The average molecular weight is 541 g/mol. The third-order valence-electron chi connectivity index (χ3n) is 7.93. The number of thiazole rings is 1. The van der Waals surface area contributed by atoms with Gasteiger partial charge in [0.15, 0.2) is 16.6 Å². The first kappa shape index (κ1) is 24.6. The minimum atomic E-state index is -3.36. The second-order valence-electron chi connectivity index (χ2n) is 10.2. The molecule has 2 amide bonds. The predicted molar refractivity (Wildman–Crippen MR) is 137 cm³/mol. The number of hydrogen-bond acceptors (Lipinski definition) is 9. The summed E-state index contributed by atoms with van der Waals surface area (Å²) in [5, 5.41) is 0.00915. The standard InChI is InChI=1S/C25H26F2N8O2S/c26-25(27)12-35(11-16-19(25)33-23(30)38-16)22(37)15-10-31-21(17(32-15)20(29)36)34-7-5-24(6-8-34)9-13-3-1-2-4-14(13)18(24)28/h1-4,10,18H,5-9,11-12,28H2,(H2,29,36)(H2,30,33). The number of halogens is 2. The van der Waals surface area contributed by atoms with E-state index in [0.29, 0.717) is 13.1 Å². The number of nitrogens with zero attached hydrogens (tertiary/aromatic N) is 5. The summed E-state index contributed by atoms with van der Waals surface area (Å²) in [6.07, 6.45) is 3.67. The van der Waals surface area contributed by atoms with Gasteiger partial charge in [0.25, 0.3) is 11.8 Å². The lowest BCUT2D eigenvalue weighted by Crippen LogP contribution is -2.45. The quantitative estimate of drug-likeness (QED) is 0.456. The molecule has 6 N–H and O–H groups in total. The molecule has 1 aromatic carbocycles. The molecule has 0 radical (unpaired) electrons. The van der Waals surface area contributed by atoms with Crippen LogP contribution in [-0.4, -0.2) is 51.3 Å². The number of fused-ring (bicyclic) bond motifs is 2. The zero-order valence-electron chi connectivity index (χ0n) is 20.4. The van der Waals surface area contributed by atoms with Gasteiger partial charge < -0.3 is 27.0 Å². The fraction of sp³-hybridized carbons (Fsp3) is 0.400. The number of anilines is 2. The molecule has 3 aliphatic rings. The number of alkyl halides is 2. The predicted octanol–water partition coefficient (Wildman–Crippen LogP) is 2.20. The number of benzene rings is 1. The summed E-state index contributed by atoms with van der Waals surface area (Å²) in [7, 11) is 0. The number of primary amides is 1. The zero-order chi connectivity index (χ0) is 26.8. The lowest BCUT2D eigenvalue weighted by Gasteiger charge is -2.42. The van der Waals surface area contributed by atoms with Crippen molar-refractivity contribution in [2.24, 2.45) is 16.9 Å². The number of carbonyl (C=O) groups is 2. The van der Waals surface area contributed by atoms with Gasteiger partial charge in [-0.25, -0.2) is 15.0 Å². The summed E-state index contributed by atoms with van der Waals surface area (Å²) in [5.74, 6) is -4.72. The van der Waals surface area contributed by atoms with Gasteiger partial charge in [0.1, 0.15) is 11.4 Å². The van der Waals surface area contributed by atoms with Crippen molar-refractivity contribution in [3.05, 3.63) is 63.5 Å². The third kappa shape index (κ3) is 3.88. The van der Waals surface area contributed by atoms with E-state index in [2.05, 4.69) is 27.1 Å². The summed E-state index contributed by atoms with van der Waals surface area (Å²) in [6.45, 7) is 0.189. The Labute approximate surface area is 220 Å². The topological polar surface area (TPSA) is 157 Å². The van der Waals surface area contributed by atoms with Crippen molar-refractivity contribution < 1.29 is 18.4 Å². The molecule has 1 aliphatic carbocycles. The number of piperidine rings is 1. The van der Waals surface area contributed by atoms with E-state index in [0.717, 1.165) is 35.5 Å². The third-order valence-corrected chi connectivity index (χ3v) is 8.80. The van der Waals surface area contributed by atoms with Crippen LogP contribution in [-0.2, 0) is 18.9 Å². The Balaban J connectivity index is 1.22. The Hall–Kier alpha value is -3.71. The highest BCUT2D eigenvalue weighted by molar-refractivity contribution is 7.15. The molecule has 0 bridgehead atoms. The van der Waals surface area contributed by atoms with E-state index in [9.17, 15) is 18.4 Å². The van der Waals surface area contributed by atoms with Crippen LogP contribution in [0, 0.1) is 5.41 Å². The van der Waals surface area contributed by atoms with Crippen LogP contribution in [0.5, 0.6) is 0 Å². The lowest BCUT2D eigenvalue weighted by molar-refractivity contribution is -0.0479. The maximum Gasteiger partial charge on any atom is 0.308 e. The molecule has 1 fully saturated rings. The lowest BCUT2D eigenvalue weighted by atomic mass is 9.73. The Bertz CT molecular complexity index is 1450. The summed E-state index contributed by atoms with van der Waals surface area (Å²) in [4.78, 5) is 40.8. The van der Waals surface area contributed by atoms with E-state index in [1.807, 2.05) is 17.0 Å². The van der Waals surface area contributed by atoms with Crippen LogP contribution < -0.4 is 22.1 Å². The number of aromatic nitrogens is 3. The number of nitrogens with two attached hydrogens (primary N) is 3. The van der Waals surface area contributed by atoms with Crippen molar-refractivity contribution in [1.82, 2.24) is 19.9 Å². The minimum Gasteiger partial charge on any atom is -0.375 e. The molecule has 0 saturated carbocycles. The fourth-order valence-corrected chi connectivity index (χ4v) is 6.87. The van der Waals surface area contributed by atoms with Crippen LogP contribution >= 0.6 is 11.3 Å². The number of rotatable bonds is 3. The fourth-order valence-electron chi connectivity index (χ4n) is 5.96. The van der Waals surface area contributed by atoms with Gasteiger partial charge in [-0.05, 0) is 35.8 Å². The van der Waals surface area contributed by atoms with Crippen LogP contribution in [0.3, 0.4) is 0 Å². The van der Waals surface area contributed by atoms with Crippen LogP contribution in [0.15, 0.2) is 30.5 Å². The average Bonchev–Trinajstić information content (AvgIpc) is 3.41. The molecule has 1 spiro atoms. The van der Waals surface area contributed by atoms with Crippen LogP contribution in [0.2, 0.25) is 0 Å². The maximum absolute atomic E-state index is 14.7. The highest BCUT2D eigenvalue weighted by Crippen LogP contribution is 2.51. The largest absolute Gasteiger partial charge is 0.375 e. The molecule has 10 nitrogen and oxygen atoms in total. The molecular weight excluding hydrogens is 514 g/mol. The Kier molecular flexibility index (Phi) is 5.61. The zero-order valence-corrected chi connectivity index (χ0v) is 21.2. The van der Waals surface area contributed by atoms with Gasteiger partial charge in [-0.3, -0.25) is 9.59 Å². The van der Waals surface area contributed by atoms with Crippen molar-refractivity contribution in [2.45, 2.75) is 37.8 Å². The van der Waals surface area contributed by atoms with Gasteiger partial charge in [0, 0.05) is 19.1 Å². The van der Waals surface area contributed by atoms with Crippen LogP contribution in [0.4, 0.5) is 19.7 Å². The molecule has 198 valence electrons. The molecule has 6 rings (SSSR count). The number of amides is 2. The second-order valence-corrected chi connectivity index (χ2v) is 11.3. The van der Waals surface area contributed by atoms with Gasteiger partial charge in [0.05, 0.1) is 24.2 Å². The molecule has 2 aliphatic heterocycles. The second kappa shape index (κ2) is 8.67.